The van der Waals surface area contributed by atoms with Crippen LogP contribution in [0.15, 0.2) is 30.5 Å². The molecule has 1 aliphatic carbocycles. The maximum atomic E-state index is 13.7. The first kappa shape index (κ1) is 23.7. The number of likely N-dealkylation sites (tertiary alicyclic amines) is 1. The molecular weight excluding hydrogens is 470 g/mol. The van der Waals surface area contributed by atoms with E-state index >= 15 is 0 Å². The Labute approximate surface area is 207 Å². The van der Waals surface area contributed by atoms with Crippen LogP contribution in [-0.4, -0.2) is 70.9 Å². The van der Waals surface area contributed by atoms with E-state index in [9.17, 15) is 17.6 Å². The van der Waals surface area contributed by atoms with Gasteiger partial charge in [-0.1, -0.05) is 0 Å². The van der Waals surface area contributed by atoms with Crippen LogP contribution in [0.1, 0.15) is 47.5 Å². The zero-order valence-corrected chi connectivity index (χ0v) is 20.3. The topological polar surface area (TPSA) is 47.2 Å². The van der Waals surface area contributed by atoms with Crippen LogP contribution in [0.3, 0.4) is 0 Å². The minimum Gasteiger partial charge on any atom is -0.378 e. The molecule has 2 atom stereocenters. The van der Waals surface area contributed by atoms with Gasteiger partial charge in [-0.25, -0.2) is 0 Å². The summed E-state index contributed by atoms with van der Waals surface area (Å²) in [5.74, 6) is 0. The lowest BCUT2D eigenvalue weighted by Crippen LogP contribution is -2.54. The SMILES string of the molecule is CC1Cc2c([nH]c3cc4c(cc23)CC4)C(c2ccc(NC3CN(CCCF)C3)cn2)N1CC(F)(F)F. The van der Waals surface area contributed by atoms with Crippen molar-refractivity contribution in [3.8, 4) is 0 Å². The molecule has 3 aliphatic rings. The zero-order chi connectivity index (χ0) is 25.0. The smallest absolute Gasteiger partial charge is 0.378 e. The lowest BCUT2D eigenvalue weighted by Gasteiger charge is -2.41. The van der Waals surface area contributed by atoms with Gasteiger partial charge in [0, 0.05) is 42.3 Å². The van der Waals surface area contributed by atoms with E-state index in [1.54, 1.807) is 6.20 Å². The van der Waals surface area contributed by atoms with Gasteiger partial charge in [0.1, 0.15) is 0 Å². The summed E-state index contributed by atoms with van der Waals surface area (Å²) in [6, 6.07) is 7.54. The fourth-order valence-corrected chi connectivity index (χ4v) is 6.04. The predicted molar refractivity (Wildman–Crippen MR) is 132 cm³/mol. The number of hydrogen-bond donors (Lipinski definition) is 2. The number of aryl methyl sites for hydroxylation is 2. The van der Waals surface area contributed by atoms with Gasteiger partial charge >= 0.3 is 6.18 Å². The molecule has 0 bridgehead atoms. The Morgan fingerprint density at radius 2 is 1.92 bits per heavy atom. The molecule has 0 radical (unpaired) electrons. The number of pyridine rings is 1. The average molecular weight is 502 g/mol. The number of hydrogen-bond acceptors (Lipinski definition) is 4. The van der Waals surface area contributed by atoms with E-state index in [2.05, 4.69) is 32.3 Å². The second kappa shape index (κ2) is 9.03. The Morgan fingerprint density at radius 1 is 1.14 bits per heavy atom. The molecule has 2 N–H and O–H groups in total. The van der Waals surface area contributed by atoms with Gasteiger partial charge in [-0.05, 0) is 73.6 Å². The fraction of sp³-hybridized carbons (Fsp3) is 0.519. The third-order valence-corrected chi connectivity index (χ3v) is 7.96. The molecule has 0 saturated carbocycles. The first-order valence-corrected chi connectivity index (χ1v) is 12.8. The average Bonchev–Trinajstić information content (AvgIpc) is 3.13. The fourth-order valence-electron chi connectivity index (χ4n) is 6.04. The van der Waals surface area contributed by atoms with Gasteiger partial charge in [0.05, 0.1) is 42.9 Å². The van der Waals surface area contributed by atoms with E-state index < -0.39 is 18.8 Å². The van der Waals surface area contributed by atoms with Gasteiger partial charge in [-0.3, -0.25) is 19.2 Å². The van der Waals surface area contributed by atoms with E-state index in [0.29, 0.717) is 18.5 Å². The summed E-state index contributed by atoms with van der Waals surface area (Å²) in [6.07, 6.45) is 0.654. The number of aromatic nitrogens is 2. The van der Waals surface area contributed by atoms with Crippen molar-refractivity contribution in [2.45, 2.75) is 56.9 Å². The number of aromatic amines is 1. The Balaban J connectivity index is 1.29. The Bertz CT molecular complexity index is 1250. The first-order chi connectivity index (χ1) is 17.3. The van der Waals surface area contributed by atoms with Crippen LogP contribution < -0.4 is 5.32 Å². The Kier molecular flexibility index (Phi) is 5.95. The summed E-state index contributed by atoms with van der Waals surface area (Å²) in [5.41, 5.74) is 7.07. The highest BCUT2D eigenvalue weighted by Gasteiger charge is 2.42. The lowest BCUT2D eigenvalue weighted by molar-refractivity contribution is -0.155. The third kappa shape index (κ3) is 4.36. The van der Waals surface area contributed by atoms with Gasteiger partial charge in [-0.2, -0.15) is 13.2 Å². The maximum absolute atomic E-state index is 13.7. The standard InChI is InChI=1S/C27H31F4N5/c1-16-9-22-21-10-17-3-4-18(17)11-24(21)34-25(22)26(36(16)15-27(29,30)31)23-6-5-19(12-32-23)33-20-13-35(14-20)8-2-7-28/h5-6,10-12,16,20,26,33-34H,2-4,7-9,13-15H2,1H3. The highest BCUT2D eigenvalue weighted by Crippen LogP contribution is 2.43. The van der Waals surface area contributed by atoms with Gasteiger partial charge in [0.25, 0.3) is 0 Å². The van der Waals surface area contributed by atoms with E-state index in [0.717, 1.165) is 60.3 Å². The third-order valence-electron chi connectivity index (χ3n) is 7.96. The monoisotopic (exact) mass is 501 g/mol. The van der Waals surface area contributed by atoms with E-state index in [4.69, 9.17) is 0 Å². The second-order valence-corrected chi connectivity index (χ2v) is 10.5. The summed E-state index contributed by atoms with van der Waals surface area (Å²) in [4.78, 5) is 11.9. The molecular formula is C27H31F4N5. The van der Waals surface area contributed by atoms with E-state index in [1.807, 2.05) is 19.1 Å². The van der Waals surface area contributed by atoms with Crippen molar-refractivity contribution in [2.75, 3.05) is 38.2 Å². The summed E-state index contributed by atoms with van der Waals surface area (Å²) in [6.45, 7) is 3.06. The van der Waals surface area contributed by atoms with Crippen LogP contribution in [0.2, 0.25) is 0 Å². The van der Waals surface area contributed by atoms with Gasteiger partial charge in [-0.15, -0.1) is 0 Å². The van der Waals surface area contributed by atoms with Crippen molar-refractivity contribution in [1.82, 2.24) is 19.8 Å². The second-order valence-electron chi connectivity index (χ2n) is 10.5. The highest BCUT2D eigenvalue weighted by atomic mass is 19.4. The minimum absolute atomic E-state index is 0.270. The molecule has 36 heavy (non-hydrogen) atoms. The van der Waals surface area contributed by atoms with Crippen molar-refractivity contribution in [2.24, 2.45) is 0 Å². The lowest BCUT2D eigenvalue weighted by atomic mass is 9.85. The van der Waals surface area contributed by atoms with Crippen molar-refractivity contribution < 1.29 is 17.6 Å². The molecule has 2 unspecified atom stereocenters. The molecule has 192 valence electrons. The molecule has 5 nitrogen and oxygen atoms in total. The van der Waals surface area contributed by atoms with Gasteiger partial charge < -0.3 is 10.3 Å². The number of fused-ring (bicyclic) bond motifs is 4. The normalized spacial score (nSPS) is 22.7. The number of halogens is 4. The summed E-state index contributed by atoms with van der Waals surface area (Å²) >= 11 is 0. The van der Waals surface area contributed by atoms with Crippen LogP contribution >= 0.6 is 0 Å². The number of anilines is 1. The number of nitrogens with one attached hydrogen (secondary N) is 2. The van der Waals surface area contributed by atoms with Crippen molar-refractivity contribution in [3.63, 3.8) is 0 Å². The number of rotatable bonds is 7. The Morgan fingerprint density at radius 3 is 2.58 bits per heavy atom. The summed E-state index contributed by atoms with van der Waals surface area (Å²) in [7, 11) is 0. The number of alkyl halides is 4. The highest BCUT2D eigenvalue weighted by molar-refractivity contribution is 5.87. The molecule has 3 aromatic rings. The van der Waals surface area contributed by atoms with Crippen LogP contribution in [0.5, 0.6) is 0 Å². The van der Waals surface area contributed by atoms with Gasteiger partial charge in [0.15, 0.2) is 0 Å². The van der Waals surface area contributed by atoms with Crippen LogP contribution in [0, 0.1) is 0 Å². The number of benzene rings is 1. The van der Waals surface area contributed by atoms with Crippen LogP contribution in [0.25, 0.3) is 10.9 Å². The molecule has 2 aromatic heterocycles. The zero-order valence-electron chi connectivity index (χ0n) is 20.3. The Hall–Kier alpha value is -2.65. The minimum atomic E-state index is -4.31. The van der Waals surface area contributed by atoms with E-state index in [-0.39, 0.29) is 18.8 Å². The van der Waals surface area contributed by atoms with Crippen LogP contribution in [-0.2, 0) is 19.3 Å². The number of H-pyrrole nitrogens is 1. The maximum Gasteiger partial charge on any atom is 0.401 e. The molecule has 4 heterocycles. The van der Waals surface area contributed by atoms with Crippen molar-refractivity contribution in [1.29, 1.82) is 0 Å². The molecule has 1 aromatic carbocycles. The molecule has 6 rings (SSSR count). The molecule has 2 aliphatic heterocycles. The van der Waals surface area contributed by atoms with Crippen LogP contribution in [0.4, 0.5) is 23.2 Å². The van der Waals surface area contributed by atoms with Gasteiger partial charge in [0.2, 0.25) is 0 Å². The summed E-state index contributed by atoms with van der Waals surface area (Å²) < 4.78 is 53.3. The first-order valence-electron chi connectivity index (χ1n) is 12.8. The largest absolute Gasteiger partial charge is 0.401 e. The summed E-state index contributed by atoms with van der Waals surface area (Å²) in [5, 5.41) is 4.57. The quantitative estimate of drug-likeness (QED) is 0.447. The van der Waals surface area contributed by atoms with E-state index in [1.165, 1.54) is 16.0 Å². The molecule has 1 saturated heterocycles. The molecule has 9 heteroatoms. The molecule has 0 spiro atoms. The molecule has 1 fully saturated rings. The van der Waals surface area contributed by atoms with Crippen molar-refractivity contribution in [3.05, 3.63) is 58.5 Å². The predicted octanol–water partition coefficient (Wildman–Crippen LogP) is 5.02. The molecule has 0 amide bonds. The number of nitrogens with zero attached hydrogens (tertiary/aromatic N) is 3. The van der Waals surface area contributed by atoms with Crippen molar-refractivity contribution >= 4 is 16.6 Å².